The first-order valence-electron chi connectivity index (χ1n) is 10.5. The second-order valence-electron chi connectivity index (χ2n) is 8.07. The van der Waals surface area contributed by atoms with E-state index in [4.69, 9.17) is 4.74 Å². The number of guanidine groups is 1. The molecule has 0 radical (unpaired) electrons. The van der Waals surface area contributed by atoms with E-state index in [1.165, 1.54) is 25.7 Å². The molecule has 0 atom stereocenters. The van der Waals surface area contributed by atoms with Crippen molar-refractivity contribution >= 4 is 45.6 Å². The van der Waals surface area contributed by atoms with Crippen molar-refractivity contribution in [3.8, 4) is 0 Å². The topological polar surface area (TPSA) is 83.0 Å². The summed E-state index contributed by atoms with van der Waals surface area (Å²) in [5.41, 5.74) is 2.16. The zero-order chi connectivity index (χ0) is 20.7. The van der Waals surface area contributed by atoms with Gasteiger partial charge in [0.05, 0.1) is 11.4 Å². The molecule has 1 saturated carbocycles. The lowest BCUT2D eigenvalue weighted by molar-refractivity contribution is 0.138. The predicted molar refractivity (Wildman–Crippen MR) is 133 cm³/mol. The monoisotopic (exact) mass is 550 g/mol. The van der Waals surface area contributed by atoms with Gasteiger partial charge in [0.2, 0.25) is 10.0 Å². The van der Waals surface area contributed by atoms with Crippen molar-refractivity contribution < 1.29 is 13.2 Å². The molecule has 170 valence electrons. The lowest BCUT2D eigenvalue weighted by atomic mass is 9.83. The van der Waals surface area contributed by atoms with Gasteiger partial charge in [-0.15, -0.1) is 24.0 Å². The van der Waals surface area contributed by atoms with Gasteiger partial charge in [0.1, 0.15) is 0 Å². The molecule has 3 rings (SSSR count). The molecule has 7 nitrogen and oxygen atoms in total. The van der Waals surface area contributed by atoms with Crippen LogP contribution in [0.3, 0.4) is 0 Å². The molecule has 2 N–H and O–H groups in total. The highest BCUT2D eigenvalue weighted by atomic mass is 127. The molecular weight excluding hydrogens is 515 g/mol. The van der Waals surface area contributed by atoms with Crippen molar-refractivity contribution in [1.29, 1.82) is 0 Å². The number of fused-ring (bicyclic) bond motifs is 1. The fourth-order valence-electron chi connectivity index (χ4n) is 4.46. The van der Waals surface area contributed by atoms with Crippen molar-refractivity contribution in [3.63, 3.8) is 0 Å². The standard InChI is InChI=1S/C21H34N4O3S.HI/c1-22-20(24-17-21(12-15-28-2)10-5-6-11-21)23-13-16-29(26,27)25-14-9-18-7-3-4-8-19(18)25;/h3-4,7-8H,5-6,9-17H2,1-2H3,(H2,22,23,24);1H. The molecule has 0 aromatic heterocycles. The van der Waals surface area contributed by atoms with Crippen LogP contribution in [-0.4, -0.2) is 60.5 Å². The molecule has 30 heavy (non-hydrogen) atoms. The first-order chi connectivity index (χ1) is 14.0. The Bertz CT molecular complexity index is 810. The first-order valence-corrected chi connectivity index (χ1v) is 12.1. The number of hydrogen-bond donors (Lipinski definition) is 2. The van der Waals surface area contributed by atoms with E-state index in [2.05, 4.69) is 15.6 Å². The third kappa shape index (κ3) is 6.23. The quantitative estimate of drug-likeness (QED) is 0.281. The highest BCUT2D eigenvalue weighted by Gasteiger charge is 2.33. The number of nitrogens with one attached hydrogen (secondary N) is 2. The SMILES string of the molecule is CN=C(NCCS(=O)(=O)N1CCc2ccccc21)NCC1(CCOC)CCCC1.I. The molecule has 1 aliphatic heterocycles. The Morgan fingerprint density at radius 2 is 1.97 bits per heavy atom. The molecule has 1 aromatic rings. The van der Waals surface area contributed by atoms with Gasteiger partial charge in [0, 0.05) is 40.4 Å². The van der Waals surface area contributed by atoms with Crippen molar-refractivity contribution in [3.05, 3.63) is 29.8 Å². The molecule has 0 saturated heterocycles. The predicted octanol–water partition coefficient (Wildman–Crippen LogP) is 2.76. The average molecular weight is 551 g/mol. The highest BCUT2D eigenvalue weighted by Crippen LogP contribution is 2.40. The summed E-state index contributed by atoms with van der Waals surface area (Å²) < 4.78 is 32.5. The minimum atomic E-state index is -3.36. The number of hydrogen-bond acceptors (Lipinski definition) is 4. The molecule has 0 bridgehead atoms. The number of rotatable bonds is 9. The van der Waals surface area contributed by atoms with Crippen molar-refractivity contribution in [1.82, 2.24) is 10.6 Å². The minimum absolute atomic E-state index is 0. The summed E-state index contributed by atoms with van der Waals surface area (Å²) in [6.45, 7) is 2.45. The Hall–Kier alpha value is -1.07. The van der Waals surface area contributed by atoms with Gasteiger partial charge in [-0.1, -0.05) is 31.0 Å². The van der Waals surface area contributed by atoms with Crippen LogP contribution in [0.15, 0.2) is 29.3 Å². The summed E-state index contributed by atoms with van der Waals surface area (Å²) in [5, 5.41) is 6.58. The molecule has 0 amide bonds. The molecule has 2 aliphatic rings. The number of anilines is 1. The van der Waals surface area contributed by atoms with Crippen molar-refractivity contribution in [2.45, 2.75) is 38.5 Å². The summed E-state index contributed by atoms with van der Waals surface area (Å²) in [6.07, 6.45) is 6.72. The van der Waals surface area contributed by atoms with Crippen LogP contribution in [0.2, 0.25) is 0 Å². The second kappa shape index (κ2) is 11.5. The molecular formula is C21H35IN4O3S. The summed E-state index contributed by atoms with van der Waals surface area (Å²) in [5.74, 6) is 0.697. The highest BCUT2D eigenvalue weighted by molar-refractivity contribution is 14.0. The third-order valence-corrected chi connectivity index (χ3v) is 7.96. The van der Waals surface area contributed by atoms with Crippen LogP contribution in [0.5, 0.6) is 0 Å². The maximum atomic E-state index is 12.8. The Labute approximate surface area is 198 Å². The summed E-state index contributed by atoms with van der Waals surface area (Å²) >= 11 is 0. The van der Waals surface area contributed by atoms with E-state index >= 15 is 0 Å². The molecule has 1 aliphatic carbocycles. The minimum Gasteiger partial charge on any atom is -0.385 e. The number of nitrogens with zero attached hydrogens (tertiary/aromatic N) is 2. The lowest BCUT2D eigenvalue weighted by Crippen LogP contribution is -2.45. The summed E-state index contributed by atoms with van der Waals surface area (Å²) in [6, 6.07) is 7.72. The van der Waals surface area contributed by atoms with E-state index in [1.807, 2.05) is 24.3 Å². The fourth-order valence-corrected chi connectivity index (χ4v) is 5.88. The average Bonchev–Trinajstić information content (AvgIpc) is 3.37. The molecule has 9 heteroatoms. The molecule has 1 heterocycles. The van der Waals surface area contributed by atoms with Crippen LogP contribution >= 0.6 is 24.0 Å². The van der Waals surface area contributed by atoms with Crippen LogP contribution in [0.1, 0.15) is 37.7 Å². The summed E-state index contributed by atoms with van der Waals surface area (Å²) in [4.78, 5) is 4.27. The zero-order valence-corrected chi connectivity index (χ0v) is 21.2. The van der Waals surface area contributed by atoms with E-state index in [9.17, 15) is 8.42 Å². The molecule has 1 fully saturated rings. The largest absolute Gasteiger partial charge is 0.385 e. The van der Waals surface area contributed by atoms with E-state index in [1.54, 1.807) is 18.5 Å². The zero-order valence-electron chi connectivity index (χ0n) is 18.0. The third-order valence-electron chi connectivity index (χ3n) is 6.19. The normalized spacial score (nSPS) is 18.1. The van der Waals surface area contributed by atoms with Crippen LogP contribution in [0.4, 0.5) is 5.69 Å². The van der Waals surface area contributed by atoms with Gasteiger partial charge in [-0.2, -0.15) is 0 Å². The summed E-state index contributed by atoms with van der Waals surface area (Å²) in [7, 11) is 0.105. The number of para-hydroxylation sites is 1. The van der Waals surface area contributed by atoms with Crippen LogP contribution in [0, 0.1) is 5.41 Å². The Balaban J connectivity index is 0.00000320. The molecule has 0 spiro atoms. The van der Waals surface area contributed by atoms with E-state index in [0.717, 1.165) is 37.2 Å². The Kier molecular flexibility index (Phi) is 9.67. The van der Waals surface area contributed by atoms with Crippen molar-refractivity contribution in [2.24, 2.45) is 10.4 Å². The number of sulfonamides is 1. The van der Waals surface area contributed by atoms with Gasteiger partial charge in [-0.05, 0) is 42.7 Å². The van der Waals surface area contributed by atoms with Gasteiger partial charge in [-0.25, -0.2) is 8.42 Å². The van der Waals surface area contributed by atoms with Gasteiger partial charge < -0.3 is 15.4 Å². The second-order valence-corrected chi connectivity index (χ2v) is 10.1. The van der Waals surface area contributed by atoms with Gasteiger partial charge in [0.25, 0.3) is 0 Å². The number of halogens is 1. The van der Waals surface area contributed by atoms with Crippen LogP contribution < -0.4 is 14.9 Å². The Morgan fingerprint density at radius 3 is 2.67 bits per heavy atom. The molecule has 1 aromatic carbocycles. The number of ether oxygens (including phenoxy) is 1. The van der Waals surface area contributed by atoms with E-state index in [-0.39, 0.29) is 35.1 Å². The lowest BCUT2D eigenvalue weighted by Gasteiger charge is -2.30. The van der Waals surface area contributed by atoms with E-state index < -0.39 is 10.0 Å². The van der Waals surface area contributed by atoms with E-state index in [0.29, 0.717) is 19.0 Å². The van der Waals surface area contributed by atoms with Gasteiger partial charge in [0.15, 0.2) is 5.96 Å². The fraction of sp³-hybridized carbons (Fsp3) is 0.667. The van der Waals surface area contributed by atoms with Crippen molar-refractivity contribution in [2.75, 3.05) is 50.5 Å². The maximum Gasteiger partial charge on any atom is 0.236 e. The smallest absolute Gasteiger partial charge is 0.236 e. The number of methoxy groups -OCH3 is 1. The molecule has 0 unspecified atom stereocenters. The van der Waals surface area contributed by atoms with Crippen LogP contribution in [0.25, 0.3) is 0 Å². The maximum absolute atomic E-state index is 12.8. The Morgan fingerprint density at radius 1 is 1.23 bits per heavy atom. The number of aliphatic imine (C=N–C) groups is 1. The van der Waals surface area contributed by atoms with Gasteiger partial charge >= 0.3 is 0 Å². The van der Waals surface area contributed by atoms with Crippen LogP contribution in [-0.2, 0) is 21.2 Å². The van der Waals surface area contributed by atoms with Gasteiger partial charge in [-0.3, -0.25) is 9.30 Å². The first kappa shape index (κ1) is 25.2. The number of benzene rings is 1.